The molecule has 1 aliphatic carbocycles. The van der Waals surface area contributed by atoms with Crippen LogP contribution in [0.4, 0.5) is 5.69 Å². The molecule has 3 rings (SSSR count). The molecule has 5 heteroatoms. The van der Waals surface area contributed by atoms with Crippen LogP contribution in [0.1, 0.15) is 23.1 Å². The maximum absolute atomic E-state index is 12.5. The van der Waals surface area contributed by atoms with Gasteiger partial charge in [-0.1, -0.05) is 41.9 Å². The van der Waals surface area contributed by atoms with Gasteiger partial charge in [-0.05, 0) is 54.7 Å². The summed E-state index contributed by atoms with van der Waals surface area (Å²) in [5, 5.41) is 0.545. The highest BCUT2D eigenvalue weighted by atomic mass is 35.5. The summed E-state index contributed by atoms with van der Waals surface area (Å²) in [6, 6.07) is 13.0. The second-order valence-electron chi connectivity index (χ2n) is 5.38. The molecule has 1 aliphatic rings. The molecule has 1 N–H and O–H groups in total. The van der Waals surface area contributed by atoms with Crippen LogP contribution in [0.5, 0.6) is 0 Å². The first-order valence-electron chi connectivity index (χ1n) is 7.03. The average molecular weight is 334 g/mol. The minimum atomic E-state index is -3.56. The molecule has 0 bridgehead atoms. The Hall–Kier alpha value is -1.78. The average Bonchev–Trinajstić information content (AvgIpc) is 2.50. The van der Waals surface area contributed by atoms with Gasteiger partial charge in [-0.15, -0.1) is 0 Å². The van der Waals surface area contributed by atoms with Crippen LogP contribution in [0.3, 0.4) is 0 Å². The van der Waals surface area contributed by atoms with Crippen molar-refractivity contribution in [2.24, 2.45) is 0 Å². The second kappa shape index (κ2) is 5.78. The molecule has 0 saturated carbocycles. The summed E-state index contributed by atoms with van der Waals surface area (Å²) in [7, 11) is -3.56. The fourth-order valence-electron chi connectivity index (χ4n) is 2.50. The summed E-state index contributed by atoms with van der Waals surface area (Å²) in [4.78, 5) is 0.405. The van der Waals surface area contributed by atoms with Crippen molar-refractivity contribution in [1.82, 2.24) is 0 Å². The van der Waals surface area contributed by atoms with Crippen molar-refractivity contribution < 1.29 is 8.42 Å². The summed E-state index contributed by atoms with van der Waals surface area (Å²) in [6.07, 6.45) is 2.99. The predicted molar refractivity (Wildman–Crippen MR) is 91.5 cm³/mol. The van der Waals surface area contributed by atoms with E-state index in [4.69, 9.17) is 11.6 Å². The van der Waals surface area contributed by atoms with E-state index in [-0.39, 0.29) is 0 Å². The SMILES string of the molecule is Cc1ccc(NS(=O)(=O)C2=Cc3ccccc3CC2)cc1Cl. The molecule has 0 unspecified atom stereocenters. The lowest BCUT2D eigenvalue weighted by atomic mass is 9.98. The fourth-order valence-corrected chi connectivity index (χ4v) is 3.90. The minimum absolute atomic E-state index is 0.405. The van der Waals surface area contributed by atoms with Crippen LogP contribution in [0.25, 0.3) is 6.08 Å². The molecular weight excluding hydrogens is 318 g/mol. The van der Waals surface area contributed by atoms with Crippen LogP contribution in [-0.4, -0.2) is 8.42 Å². The van der Waals surface area contributed by atoms with Gasteiger partial charge in [0.05, 0.1) is 10.6 Å². The third-order valence-electron chi connectivity index (χ3n) is 3.78. The molecule has 0 amide bonds. The van der Waals surface area contributed by atoms with Crippen LogP contribution in [0.2, 0.25) is 5.02 Å². The molecule has 22 heavy (non-hydrogen) atoms. The van der Waals surface area contributed by atoms with Gasteiger partial charge in [0.25, 0.3) is 10.0 Å². The Bertz CT molecular complexity index is 857. The molecule has 0 aliphatic heterocycles. The summed E-state index contributed by atoms with van der Waals surface area (Å²) in [5.41, 5.74) is 3.54. The van der Waals surface area contributed by atoms with Gasteiger partial charge < -0.3 is 0 Å². The first kappa shape index (κ1) is 15.1. The van der Waals surface area contributed by atoms with Crippen molar-refractivity contribution in [1.29, 1.82) is 0 Å². The number of anilines is 1. The highest BCUT2D eigenvalue weighted by Gasteiger charge is 2.21. The standard InChI is InChI=1S/C17H16ClNO2S/c1-12-6-8-15(11-17(12)18)19-22(20,21)16-9-7-13-4-2-3-5-14(13)10-16/h2-6,8,10-11,19H,7,9H2,1H3. The number of halogens is 1. The summed E-state index contributed by atoms with van der Waals surface area (Å²) in [6.45, 7) is 1.88. The first-order valence-corrected chi connectivity index (χ1v) is 8.89. The van der Waals surface area contributed by atoms with Crippen molar-refractivity contribution in [2.45, 2.75) is 19.8 Å². The highest BCUT2D eigenvalue weighted by molar-refractivity contribution is 7.96. The Morgan fingerprint density at radius 3 is 2.64 bits per heavy atom. The number of fused-ring (bicyclic) bond motifs is 1. The van der Waals surface area contributed by atoms with Crippen molar-refractivity contribution in [2.75, 3.05) is 4.72 Å². The molecule has 0 heterocycles. The molecule has 0 fully saturated rings. The number of sulfonamides is 1. The van der Waals surface area contributed by atoms with Gasteiger partial charge in [0, 0.05) is 5.02 Å². The first-order chi connectivity index (χ1) is 10.5. The molecule has 0 saturated heterocycles. The topological polar surface area (TPSA) is 46.2 Å². The van der Waals surface area contributed by atoms with Crippen LogP contribution < -0.4 is 4.72 Å². The molecule has 3 nitrogen and oxygen atoms in total. The Balaban J connectivity index is 1.91. The van der Waals surface area contributed by atoms with E-state index in [2.05, 4.69) is 4.72 Å². The predicted octanol–water partition coefficient (Wildman–Crippen LogP) is 4.38. The zero-order chi connectivity index (χ0) is 15.7. The Morgan fingerprint density at radius 1 is 1.09 bits per heavy atom. The van der Waals surface area contributed by atoms with Crippen molar-refractivity contribution in [3.05, 3.63) is 69.1 Å². The minimum Gasteiger partial charge on any atom is -0.280 e. The van der Waals surface area contributed by atoms with Crippen LogP contribution >= 0.6 is 11.6 Å². The molecule has 2 aromatic carbocycles. The maximum Gasteiger partial charge on any atom is 0.258 e. The number of hydrogen-bond acceptors (Lipinski definition) is 2. The largest absolute Gasteiger partial charge is 0.280 e. The maximum atomic E-state index is 12.5. The molecule has 0 spiro atoms. The van der Waals surface area contributed by atoms with Crippen molar-refractivity contribution in [3.63, 3.8) is 0 Å². The van der Waals surface area contributed by atoms with Gasteiger partial charge in [-0.3, -0.25) is 4.72 Å². The van der Waals surface area contributed by atoms with Crippen molar-refractivity contribution >= 4 is 33.4 Å². The normalized spacial score (nSPS) is 14.2. The lowest BCUT2D eigenvalue weighted by molar-refractivity contribution is 0.605. The van der Waals surface area contributed by atoms with Gasteiger partial charge in [-0.25, -0.2) is 8.42 Å². The van der Waals surface area contributed by atoms with E-state index in [0.29, 0.717) is 22.0 Å². The number of nitrogens with one attached hydrogen (secondary N) is 1. The number of allylic oxidation sites excluding steroid dienone is 1. The molecular formula is C17H16ClNO2S. The van der Waals surface area contributed by atoms with Gasteiger partial charge in [0.15, 0.2) is 0 Å². The van der Waals surface area contributed by atoms with E-state index < -0.39 is 10.0 Å². The van der Waals surface area contributed by atoms with Gasteiger partial charge in [-0.2, -0.15) is 0 Å². The zero-order valence-electron chi connectivity index (χ0n) is 12.1. The quantitative estimate of drug-likeness (QED) is 0.906. The smallest absolute Gasteiger partial charge is 0.258 e. The molecule has 2 aromatic rings. The number of hydrogen-bond donors (Lipinski definition) is 1. The van der Waals surface area contributed by atoms with Crippen LogP contribution in [0.15, 0.2) is 47.4 Å². The fraction of sp³-hybridized carbons (Fsp3) is 0.176. The van der Waals surface area contributed by atoms with E-state index in [0.717, 1.165) is 17.5 Å². The lowest BCUT2D eigenvalue weighted by Gasteiger charge is -2.17. The van der Waals surface area contributed by atoms with Gasteiger partial charge in [0.2, 0.25) is 0 Å². The Morgan fingerprint density at radius 2 is 1.86 bits per heavy atom. The molecule has 114 valence electrons. The Labute approximate surface area is 135 Å². The van der Waals surface area contributed by atoms with E-state index in [1.807, 2.05) is 31.2 Å². The summed E-state index contributed by atoms with van der Waals surface area (Å²) < 4.78 is 27.7. The highest BCUT2D eigenvalue weighted by Crippen LogP contribution is 2.29. The van der Waals surface area contributed by atoms with Crippen LogP contribution in [-0.2, 0) is 16.4 Å². The second-order valence-corrected chi connectivity index (χ2v) is 7.52. The van der Waals surface area contributed by atoms with Gasteiger partial charge in [0.1, 0.15) is 0 Å². The monoisotopic (exact) mass is 333 g/mol. The zero-order valence-corrected chi connectivity index (χ0v) is 13.7. The number of rotatable bonds is 3. The van der Waals surface area contributed by atoms with E-state index >= 15 is 0 Å². The molecule has 0 atom stereocenters. The van der Waals surface area contributed by atoms with E-state index in [1.54, 1.807) is 24.3 Å². The number of aryl methyl sites for hydroxylation is 2. The van der Waals surface area contributed by atoms with Crippen LogP contribution in [0, 0.1) is 6.92 Å². The van der Waals surface area contributed by atoms with E-state index in [1.165, 1.54) is 5.56 Å². The third kappa shape index (κ3) is 3.03. The Kier molecular flexibility index (Phi) is 3.98. The third-order valence-corrected chi connectivity index (χ3v) is 5.71. The number of benzene rings is 2. The van der Waals surface area contributed by atoms with Crippen molar-refractivity contribution in [3.8, 4) is 0 Å². The summed E-state index contributed by atoms with van der Waals surface area (Å²) >= 11 is 6.05. The molecule has 0 radical (unpaired) electrons. The van der Waals surface area contributed by atoms with E-state index in [9.17, 15) is 8.42 Å². The summed E-state index contributed by atoms with van der Waals surface area (Å²) in [5.74, 6) is 0. The molecule has 0 aromatic heterocycles. The lowest BCUT2D eigenvalue weighted by Crippen LogP contribution is -2.17. The van der Waals surface area contributed by atoms with Gasteiger partial charge >= 0.3 is 0 Å².